The van der Waals surface area contributed by atoms with Gasteiger partial charge in [0.15, 0.2) is 5.75 Å². The lowest BCUT2D eigenvalue weighted by Gasteiger charge is -2.09. The minimum absolute atomic E-state index is 0.224. The average molecular weight is 305 g/mol. The van der Waals surface area contributed by atoms with E-state index in [2.05, 4.69) is 4.72 Å². The van der Waals surface area contributed by atoms with Gasteiger partial charge in [-0.3, -0.25) is 0 Å². The lowest BCUT2D eigenvalue weighted by molar-refractivity contribution is 0.426. The molecule has 0 spiro atoms. The van der Waals surface area contributed by atoms with E-state index >= 15 is 0 Å². The average Bonchev–Trinajstić information content (AvgIpc) is 2.71. The zero-order chi connectivity index (χ0) is 15.2. The van der Waals surface area contributed by atoms with Crippen molar-refractivity contribution in [3.8, 4) is 16.9 Å². The van der Waals surface area contributed by atoms with Crippen LogP contribution in [0, 0.1) is 6.92 Å². The molecule has 0 bridgehead atoms. The molecule has 1 aliphatic rings. The summed E-state index contributed by atoms with van der Waals surface area (Å²) in [4.78, 5) is 0. The lowest BCUT2D eigenvalue weighted by Crippen LogP contribution is -2.29. The molecule has 8 heteroatoms. The van der Waals surface area contributed by atoms with Crippen molar-refractivity contribution in [3.63, 3.8) is 0 Å². The largest absolute Gasteiger partial charge is 0.488 e. The maximum atomic E-state index is 11.3. The number of benzene rings is 2. The molecule has 0 atom stereocenters. The van der Waals surface area contributed by atoms with Gasteiger partial charge < -0.3 is 14.2 Å². The third-order valence-electron chi connectivity index (χ3n) is 3.29. The Morgan fingerprint density at radius 2 is 1.90 bits per heavy atom. The van der Waals surface area contributed by atoms with E-state index in [1.165, 1.54) is 0 Å². The topological polar surface area (TPSA) is 95.9 Å². The van der Waals surface area contributed by atoms with E-state index in [1.54, 1.807) is 36.4 Å². The minimum Gasteiger partial charge on any atom is -0.423 e. The first-order valence-electron chi connectivity index (χ1n) is 6.19. The first-order valence-corrected chi connectivity index (χ1v) is 7.60. The second kappa shape index (κ2) is 4.76. The molecule has 3 N–H and O–H groups in total. The van der Waals surface area contributed by atoms with Crippen LogP contribution in [0.2, 0.25) is 0 Å². The molecule has 2 aromatic carbocycles. The van der Waals surface area contributed by atoms with Crippen LogP contribution in [-0.2, 0) is 10.3 Å². The molecule has 0 fully saturated rings. The number of hydrogen-bond donors (Lipinski definition) is 3. The van der Waals surface area contributed by atoms with Crippen LogP contribution >= 0.6 is 0 Å². The van der Waals surface area contributed by atoms with E-state index < -0.39 is 17.4 Å². The van der Waals surface area contributed by atoms with Crippen LogP contribution in [0.15, 0.2) is 36.4 Å². The fourth-order valence-electron chi connectivity index (χ4n) is 2.23. The Balaban J connectivity index is 2.09. The van der Waals surface area contributed by atoms with Gasteiger partial charge in [0.2, 0.25) is 0 Å². The van der Waals surface area contributed by atoms with Crippen molar-refractivity contribution in [2.24, 2.45) is 0 Å². The summed E-state index contributed by atoms with van der Waals surface area (Å²) in [6.07, 6.45) is 0. The Labute approximate surface area is 122 Å². The molecule has 0 saturated heterocycles. The molecule has 1 aliphatic heterocycles. The molecule has 108 valence electrons. The highest BCUT2D eigenvalue weighted by molar-refractivity contribution is 7.88. The zero-order valence-corrected chi connectivity index (χ0v) is 11.9. The number of aryl methyl sites for hydroxylation is 1. The second-order valence-corrected chi connectivity index (χ2v) is 6.08. The van der Waals surface area contributed by atoms with Crippen molar-refractivity contribution >= 4 is 28.6 Å². The van der Waals surface area contributed by atoms with Gasteiger partial charge in [-0.1, -0.05) is 24.3 Å². The highest BCUT2D eigenvalue weighted by atomic mass is 32.2. The molecule has 0 saturated carbocycles. The maximum Gasteiger partial charge on any atom is 0.488 e. The summed E-state index contributed by atoms with van der Waals surface area (Å²) < 4.78 is 29.8. The quantitative estimate of drug-likeness (QED) is 0.698. The van der Waals surface area contributed by atoms with E-state index in [0.717, 1.165) is 16.7 Å². The van der Waals surface area contributed by atoms with Crippen LogP contribution in [-0.4, -0.2) is 25.6 Å². The van der Waals surface area contributed by atoms with Crippen LogP contribution in [0.5, 0.6) is 5.75 Å². The zero-order valence-electron chi connectivity index (χ0n) is 11.1. The normalized spacial score (nSPS) is 15.0. The number of hydrogen-bond acceptors (Lipinski definition) is 5. The van der Waals surface area contributed by atoms with Crippen LogP contribution in [0.1, 0.15) is 5.56 Å². The van der Waals surface area contributed by atoms with Crippen LogP contribution < -0.4 is 14.4 Å². The van der Waals surface area contributed by atoms with E-state index in [4.69, 9.17) is 4.18 Å². The van der Waals surface area contributed by atoms with Gasteiger partial charge in [-0.25, -0.2) is 4.72 Å². The van der Waals surface area contributed by atoms with E-state index in [9.17, 15) is 18.5 Å². The third kappa shape index (κ3) is 2.60. The molecule has 0 amide bonds. The molecular weight excluding hydrogens is 293 g/mol. The first kappa shape index (κ1) is 13.9. The summed E-state index contributed by atoms with van der Waals surface area (Å²) in [5.74, 6) is 0.224. The Morgan fingerprint density at radius 1 is 1.14 bits per heavy atom. The first-order chi connectivity index (χ1) is 9.85. The van der Waals surface area contributed by atoms with Gasteiger partial charge in [0.1, 0.15) is 0 Å². The van der Waals surface area contributed by atoms with Crippen molar-refractivity contribution in [3.05, 3.63) is 42.0 Å². The smallest absolute Gasteiger partial charge is 0.423 e. The highest BCUT2D eigenvalue weighted by Gasteiger charge is 2.25. The second-order valence-electron chi connectivity index (χ2n) is 4.80. The summed E-state index contributed by atoms with van der Waals surface area (Å²) in [5.41, 5.74) is 3.18. The monoisotopic (exact) mass is 305 g/mol. The molecule has 0 aromatic heterocycles. The minimum atomic E-state index is -3.77. The van der Waals surface area contributed by atoms with Crippen molar-refractivity contribution < 1.29 is 22.6 Å². The van der Waals surface area contributed by atoms with Crippen LogP contribution in [0.25, 0.3) is 11.1 Å². The number of fused-ring (bicyclic) bond motifs is 1. The molecule has 0 radical (unpaired) electrons. The summed E-state index contributed by atoms with van der Waals surface area (Å²) in [5, 5.41) is 18.5. The standard InChI is InChI=1S/C13H12BNO5S/c1-8-2-4-10(14(16)17)7-11(8)9-3-5-12-13(6-9)20-21(18,19)15-12/h2-7,15-17H,1H3. The summed E-state index contributed by atoms with van der Waals surface area (Å²) in [6.45, 7) is 1.88. The van der Waals surface area contributed by atoms with Gasteiger partial charge in [0, 0.05) is 0 Å². The van der Waals surface area contributed by atoms with Crippen molar-refractivity contribution in [2.45, 2.75) is 6.92 Å². The predicted molar refractivity (Wildman–Crippen MR) is 79.6 cm³/mol. The number of anilines is 1. The summed E-state index contributed by atoms with van der Waals surface area (Å²) in [7, 11) is -5.32. The van der Waals surface area contributed by atoms with E-state index in [-0.39, 0.29) is 5.75 Å². The molecule has 21 heavy (non-hydrogen) atoms. The molecule has 0 unspecified atom stereocenters. The molecule has 3 rings (SSSR count). The summed E-state index contributed by atoms with van der Waals surface area (Å²) in [6, 6.07) is 10.00. The summed E-state index contributed by atoms with van der Waals surface area (Å²) >= 11 is 0. The number of rotatable bonds is 2. The highest BCUT2D eigenvalue weighted by Crippen LogP contribution is 2.37. The lowest BCUT2D eigenvalue weighted by atomic mass is 9.78. The van der Waals surface area contributed by atoms with Crippen LogP contribution in [0.4, 0.5) is 5.69 Å². The van der Waals surface area contributed by atoms with Crippen LogP contribution in [0.3, 0.4) is 0 Å². The molecule has 0 aliphatic carbocycles. The molecular formula is C13H12BNO5S. The Morgan fingerprint density at radius 3 is 2.62 bits per heavy atom. The maximum absolute atomic E-state index is 11.3. The third-order valence-corrected chi connectivity index (χ3v) is 4.16. The van der Waals surface area contributed by atoms with Crippen molar-refractivity contribution in [2.75, 3.05) is 4.72 Å². The molecule has 2 aromatic rings. The molecule has 6 nitrogen and oxygen atoms in total. The van der Waals surface area contributed by atoms with Gasteiger partial charge in [-0.2, -0.15) is 8.42 Å². The number of nitrogens with one attached hydrogen (secondary N) is 1. The fourth-order valence-corrected chi connectivity index (χ4v) is 3.08. The van der Waals surface area contributed by atoms with Gasteiger partial charge >= 0.3 is 17.4 Å². The van der Waals surface area contributed by atoms with Crippen molar-refractivity contribution in [1.29, 1.82) is 0 Å². The predicted octanol–water partition coefficient (Wildman–Crippen LogP) is 0.391. The fraction of sp³-hybridized carbons (Fsp3) is 0.0769. The Kier molecular flexibility index (Phi) is 3.16. The van der Waals surface area contributed by atoms with E-state index in [0.29, 0.717) is 11.2 Å². The Hall–Kier alpha value is -2.03. The van der Waals surface area contributed by atoms with Gasteiger partial charge in [-0.05, 0) is 41.2 Å². The Bertz CT molecular complexity index is 819. The SMILES string of the molecule is Cc1ccc(B(O)O)cc1-c1ccc2c(c1)OS(=O)(=O)N2. The van der Waals surface area contributed by atoms with Gasteiger partial charge in [-0.15, -0.1) is 0 Å². The van der Waals surface area contributed by atoms with Crippen molar-refractivity contribution in [1.82, 2.24) is 0 Å². The van der Waals surface area contributed by atoms with E-state index in [1.807, 2.05) is 6.92 Å². The van der Waals surface area contributed by atoms with Gasteiger partial charge in [0.25, 0.3) is 0 Å². The molecule has 1 heterocycles. The van der Waals surface area contributed by atoms with Gasteiger partial charge in [0.05, 0.1) is 5.69 Å².